The smallest absolute Gasteiger partial charge is 0.253 e. The van der Waals surface area contributed by atoms with E-state index in [9.17, 15) is 40.5 Å². The maximum atomic E-state index is 12.9. The number of rotatable bonds is 12. The lowest BCUT2D eigenvalue weighted by Gasteiger charge is -2.49. The Labute approximate surface area is 253 Å². The quantitative estimate of drug-likeness (QED) is 0.0881. The summed E-state index contributed by atoms with van der Waals surface area (Å²) >= 11 is 0. The van der Waals surface area contributed by atoms with Crippen LogP contribution in [-0.4, -0.2) is 171 Å². The third-order valence-corrected chi connectivity index (χ3v) is 8.88. The van der Waals surface area contributed by atoms with Gasteiger partial charge in [-0.25, -0.2) is 0 Å². The second kappa shape index (κ2) is 14.7. The van der Waals surface area contributed by atoms with Gasteiger partial charge in [0.2, 0.25) is 0 Å². The van der Waals surface area contributed by atoms with Crippen molar-refractivity contribution in [2.24, 2.45) is 28.7 Å². The van der Waals surface area contributed by atoms with E-state index in [1.54, 1.807) is 0 Å². The fourth-order valence-corrected chi connectivity index (χ4v) is 5.82. The predicted molar refractivity (Wildman–Crippen MR) is 149 cm³/mol. The Bertz CT molecular complexity index is 959. The second-order valence-corrected chi connectivity index (χ2v) is 12.1. The van der Waals surface area contributed by atoms with Gasteiger partial charge >= 0.3 is 0 Å². The lowest BCUT2D eigenvalue weighted by atomic mass is 9.83. The maximum Gasteiger partial charge on any atom is 0.253 e. The van der Waals surface area contributed by atoms with Gasteiger partial charge in [-0.05, 0) is 25.9 Å². The van der Waals surface area contributed by atoms with E-state index in [-0.39, 0.29) is 19.4 Å². The second-order valence-electron chi connectivity index (χ2n) is 12.1. The van der Waals surface area contributed by atoms with Crippen molar-refractivity contribution in [2.75, 3.05) is 26.2 Å². The average molecular weight is 640 g/mol. The summed E-state index contributed by atoms with van der Waals surface area (Å²) < 4.78 is 23.3. The zero-order valence-corrected chi connectivity index (χ0v) is 24.2. The van der Waals surface area contributed by atoms with E-state index >= 15 is 0 Å². The van der Waals surface area contributed by atoms with Crippen molar-refractivity contribution in [3.63, 3.8) is 0 Å². The Balaban J connectivity index is 1.53. The van der Waals surface area contributed by atoms with Crippen molar-refractivity contribution < 1.29 is 59.5 Å². The van der Waals surface area contributed by atoms with Gasteiger partial charge in [0.05, 0.1) is 24.7 Å². The van der Waals surface area contributed by atoms with Crippen LogP contribution in [0.4, 0.5) is 0 Å². The van der Waals surface area contributed by atoms with Crippen LogP contribution in [0.5, 0.6) is 0 Å². The molecule has 1 amide bonds. The first kappa shape index (κ1) is 35.6. The van der Waals surface area contributed by atoms with Gasteiger partial charge in [0.25, 0.3) is 5.91 Å². The predicted octanol–water partition coefficient (Wildman–Crippen LogP) is -8.73. The van der Waals surface area contributed by atoms with Crippen LogP contribution in [0.2, 0.25) is 0 Å². The van der Waals surface area contributed by atoms with E-state index in [4.69, 9.17) is 47.6 Å². The SMILES string of the molecule is NCCCNCC1OC(OC2C(N)CC(NC(=O)C3(O)CC3N)C(OC3OC(CO)C(O)C(N)C3O)C2O)C(N)C(O)C1O. The molecule has 4 aliphatic rings. The molecule has 17 unspecified atom stereocenters. The zero-order valence-electron chi connectivity index (χ0n) is 24.2. The number of ether oxygens (including phenoxy) is 4. The Morgan fingerprint density at radius 3 is 2.11 bits per heavy atom. The number of hydrogen-bond acceptors (Lipinski definition) is 18. The molecule has 2 saturated heterocycles. The molecule has 2 aliphatic carbocycles. The van der Waals surface area contributed by atoms with Crippen molar-refractivity contribution >= 4 is 5.91 Å². The van der Waals surface area contributed by atoms with Gasteiger partial charge in [-0.2, -0.15) is 0 Å². The molecule has 0 aromatic heterocycles. The van der Waals surface area contributed by atoms with Gasteiger partial charge in [-0.3, -0.25) is 4.79 Å². The van der Waals surface area contributed by atoms with Crippen LogP contribution in [-0.2, 0) is 23.7 Å². The fraction of sp³-hybridized carbons (Fsp3) is 0.960. The van der Waals surface area contributed by atoms with E-state index < -0.39 is 116 Å². The molecule has 0 aromatic rings. The number of amides is 1. The molecule has 0 bridgehead atoms. The first-order chi connectivity index (χ1) is 20.7. The van der Waals surface area contributed by atoms with Crippen LogP contribution in [0.25, 0.3) is 0 Å². The van der Waals surface area contributed by atoms with Gasteiger partial charge < -0.3 is 94.0 Å². The molecular weight excluding hydrogens is 590 g/mol. The highest BCUT2D eigenvalue weighted by Crippen LogP contribution is 2.36. The average Bonchev–Trinajstić information content (AvgIpc) is 3.62. The number of carbonyl (C=O) groups excluding carboxylic acids is 1. The van der Waals surface area contributed by atoms with Crippen LogP contribution >= 0.6 is 0 Å². The van der Waals surface area contributed by atoms with Gasteiger partial charge in [-0.15, -0.1) is 0 Å². The Morgan fingerprint density at radius 2 is 1.50 bits per heavy atom. The third-order valence-electron chi connectivity index (χ3n) is 8.88. The lowest BCUT2D eigenvalue weighted by Crippen LogP contribution is -2.70. The summed E-state index contributed by atoms with van der Waals surface area (Å²) in [6.07, 6.45) is -14.8. The van der Waals surface area contributed by atoms with Crippen molar-refractivity contribution in [3.8, 4) is 0 Å². The highest BCUT2D eigenvalue weighted by molar-refractivity contribution is 5.89. The number of nitrogens with two attached hydrogens (primary N) is 5. The van der Waals surface area contributed by atoms with Crippen molar-refractivity contribution in [3.05, 3.63) is 0 Å². The molecule has 44 heavy (non-hydrogen) atoms. The highest BCUT2D eigenvalue weighted by Gasteiger charge is 2.59. The highest BCUT2D eigenvalue weighted by atomic mass is 16.7. The summed E-state index contributed by atoms with van der Waals surface area (Å²) in [7, 11) is 0. The molecule has 4 fully saturated rings. The molecule has 17 atom stereocenters. The van der Waals surface area contributed by atoms with Crippen molar-refractivity contribution in [1.82, 2.24) is 10.6 Å². The first-order valence-corrected chi connectivity index (χ1v) is 14.8. The molecule has 19 nitrogen and oxygen atoms in total. The Morgan fingerprint density at radius 1 is 0.864 bits per heavy atom. The molecule has 19 heteroatoms. The minimum absolute atomic E-state index is 0.0140. The molecule has 256 valence electrons. The van der Waals surface area contributed by atoms with Crippen molar-refractivity contribution in [1.29, 1.82) is 0 Å². The summed E-state index contributed by atoms with van der Waals surface area (Å²) in [5.41, 5.74) is 27.8. The standard InChI is InChI=1S/C25H49N7O12/c26-2-1-3-31-6-10-16(35)17(36)14(30)22(41-10)43-20-8(27)4-9(32-24(39)25(40)5-12(25)28)21(19(20)38)44-23-18(37)13(29)15(34)11(7-33)42-23/h8-23,31,33-38,40H,1-7,26-30H2,(H,32,39). The molecule has 0 spiro atoms. The van der Waals surface area contributed by atoms with E-state index in [2.05, 4.69) is 10.6 Å². The maximum absolute atomic E-state index is 12.9. The normalized spacial score (nSPS) is 49.5. The molecular formula is C25H49N7O12. The van der Waals surface area contributed by atoms with Crippen LogP contribution in [0.15, 0.2) is 0 Å². The number of nitrogens with one attached hydrogen (secondary N) is 2. The largest absolute Gasteiger partial charge is 0.394 e. The Kier molecular flexibility index (Phi) is 11.9. The van der Waals surface area contributed by atoms with E-state index in [0.29, 0.717) is 19.5 Å². The summed E-state index contributed by atoms with van der Waals surface area (Å²) in [4.78, 5) is 12.9. The van der Waals surface area contributed by atoms with Gasteiger partial charge in [-0.1, -0.05) is 0 Å². The molecule has 2 aliphatic heterocycles. The van der Waals surface area contributed by atoms with Crippen LogP contribution in [0.3, 0.4) is 0 Å². The zero-order chi connectivity index (χ0) is 32.5. The number of aliphatic hydroxyl groups excluding tert-OH is 6. The molecule has 0 aromatic carbocycles. The summed E-state index contributed by atoms with van der Waals surface area (Å²) in [6.45, 7) is 0.445. The number of hydrogen-bond donors (Lipinski definition) is 14. The summed E-state index contributed by atoms with van der Waals surface area (Å²) in [5, 5.41) is 79.3. The summed E-state index contributed by atoms with van der Waals surface area (Å²) in [5.74, 6) is -0.826. The van der Waals surface area contributed by atoms with Crippen LogP contribution in [0, 0.1) is 0 Å². The molecule has 4 rings (SSSR count). The summed E-state index contributed by atoms with van der Waals surface area (Å²) in [6, 6.07) is -5.41. The third kappa shape index (κ3) is 7.34. The monoisotopic (exact) mass is 639 g/mol. The van der Waals surface area contributed by atoms with E-state index in [0.717, 1.165) is 0 Å². The van der Waals surface area contributed by atoms with E-state index in [1.165, 1.54) is 0 Å². The van der Waals surface area contributed by atoms with Crippen LogP contribution < -0.4 is 39.3 Å². The lowest BCUT2D eigenvalue weighted by molar-refractivity contribution is -0.320. The fourth-order valence-electron chi connectivity index (χ4n) is 5.82. The molecule has 19 N–H and O–H groups in total. The number of aliphatic hydroxyl groups is 7. The Hall–Kier alpha value is -1.21. The molecule has 2 heterocycles. The van der Waals surface area contributed by atoms with Gasteiger partial charge in [0.15, 0.2) is 18.2 Å². The van der Waals surface area contributed by atoms with E-state index in [1.807, 2.05) is 0 Å². The molecule has 0 radical (unpaired) electrons. The van der Waals surface area contributed by atoms with Crippen molar-refractivity contribution in [2.45, 2.75) is 123 Å². The topological polar surface area (TPSA) is 350 Å². The van der Waals surface area contributed by atoms with Gasteiger partial charge in [0.1, 0.15) is 54.9 Å². The minimum atomic E-state index is -1.82. The van der Waals surface area contributed by atoms with Crippen LogP contribution in [0.1, 0.15) is 19.3 Å². The first-order valence-electron chi connectivity index (χ1n) is 14.8. The number of carbonyl (C=O) groups is 1. The molecule has 2 saturated carbocycles. The van der Waals surface area contributed by atoms with Gasteiger partial charge in [0, 0.05) is 25.0 Å². The minimum Gasteiger partial charge on any atom is -0.394 e.